The van der Waals surface area contributed by atoms with Crippen LogP contribution >= 0.6 is 11.6 Å². The number of carbonyl (C=O) groups is 1. The Bertz CT molecular complexity index is 602. The lowest BCUT2D eigenvalue weighted by Crippen LogP contribution is -2.41. The van der Waals surface area contributed by atoms with E-state index >= 15 is 0 Å². The van der Waals surface area contributed by atoms with Crippen LogP contribution in [0.1, 0.15) is 18.2 Å². The molecule has 0 spiro atoms. The maximum Gasteiger partial charge on any atom is 0.237 e. The first-order chi connectivity index (χ1) is 10.1. The molecule has 0 aliphatic carbocycles. The van der Waals surface area contributed by atoms with Gasteiger partial charge in [-0.15, -0.1) is 0 Å². The average molecular weight is 311 g/mol. The van der Waals surface area contributed by atoms with Gasteiger partial charge >= 0.3 is 0 Å². The SMILES string of the molecule is CC(NCc1ccc(F)c(Cl)c1)C(=O)NCc1ccco1. The van der Waals surface area contributed by atoms with Crippen molar-refractivity contribution in [1.82, 2.24) is 10.6 Å². The van der Waals surface area contributed by atoms with E-state index in [1.807, 2.05) is 0 Å². The third kappa shape index (κ3) is 4.58. The minimum absolute atomic E-state index is 0.0734. The van der Waals surface area contributed by atoms with Crippen molar-refractivity contribution in [3.63, 3.8) is 0 Å². The lowest BCUT2D eigenvalue weighted by Gasteiger charge is -2.13. The normalized spacial score (nSPS) is 12.1. The lowest BCUT2D eigenvalue weighted by atomic mass is 10.2. The van der Waals surface area contributed by atoms with Crippen molar-refractivity contribution in [3.05, 3.63) is 58.8 Å². The molecular weight excluding hydrogens is 295 g/mol. The summed E-state index contributed by atoms with van der Waals surface area (Å²) in [6.07, 6.45) is 1.56. The molecule has 4 nitrogen and oxygen atoms in total. The molecule has 21 heavy (non-hydrogen) atoms. The van der Waals surface area contributed by atoms with E-state index in [0.29, 0.717) is 18.8 Å². The molecule has 0 aliphatic rings. The summed E-state index contributed by atoms with van der Waals surface area (Å²) >= 11 is 5.71. The fraction of sp³-hybridized carbons (Fsp3) is 0.267. The third-order valence-electron chi connectivity index (χ3n) is 3.01. The largest absolute Gasteiger partial charge is 0.467 e. The fourth-order valence-electron chi connectivity index (χ4n) is 1.75. The van der Waals surface area contributed by atoms with Gasteiger partial charge in [0.1, 0.15) is 11.6 Å². The molecule has 0 saturated carbocycles. The number of nitrogens with one attached hydrogen (secondary N) is 2. The second-order valence-electron chi connectivity index (χ2n) is 4.65. The highest BCUT2D eigenvalue weighted by atomic mass is 35.5. The predicted octanol–water partition coefficient (Wildman–Crippen LogP) is 2.87. The molecule has 0 fully saturated rings. The van der Waals surface area contributed by atoms with E-state index in [2.05, 4.69) is 10.6 Å². The molecule has 1 unspecified atom stereocenters. The van der Waals surface area contributed by atoms with Gasteiger partial charge in [-0.05, 0) is 36.8 Å². The van der Waals surface area contributed by atoms with E-state index in [1.54, 1.807) is 31.4 Å². The molecule has 1 aromatic heterocycles. The van der Waals surface area contributed by atoms with Crippen molar-refractivity contribution >= 4 is 17.5 Å². The van der Waals surface area contributed by atoms with Gasteiger partial charge in [-0.2, -0.15) is 0 Å². The highest BCUT2D eigenvalue weighted by Crippen LogP contribution is 2.15. The Morgan fingerprint density at radius 3 is 2.86 bits per heavy atom. The Balaban J connectivity index is 1.79. The summed E-state index contributed by atoms with van der Waals surface area (Å²) in [7, 11) is 0. The van der Waals surface area contributed by atoms with Gasteiger partial charge in [-0.25, -0.2) is 4.39 Å². The molecule has 0 bridgehead atoms. The number of halogens is 2. The maximum atomic E-state index is 13.0. The number of furan rings is 1. The second kappa shape index (κ2) is 7.24. The van der Waals surface area contributed by atoms with Gasteiger partial charge in [0.25, 0.3) is 0 Å². The monoisotopic (exact) mass is 310 g/mol. The van der Waals surface area contributed by atoms with E-state index in [1.165, 1.54) is 12.1 Å². The van der Waals surface area contributed by atoms with Gasteiger partial charge in [0.15, 0.2) is 0 Å². The highest BCUT2D eigenvalue weighted by molar-refractivity contribution is 6.30. The van der Waals surface area contributed by atoms with Gasteiger partial charge in [0.2, 0.25) is 5.91 Å². The van der Waals surface area contributed by atoms with Crippen LogP contribution in [0.25, 0.3) is 0 Å². The molecule has 2 N–H and O–H groups in total. The molecular formula is C15H16ClFN2O2. The molecule has 0 saturated heterocycles. The Labute approximate surface area is 127 Å². The summed E-state index contributed by atoms with van der Waals surface area (Å²) in [6.45, 7) is 2.53. The molecule has 2 rings (SSSR count). The van der Waals surface area contributed by atoms with Gasteiger partial charge in [-0.1, -0.05) is 17.7 Å². The molecule has 1 amide bonds. The second-order valence-corrected chi connectivity index (χ2v) is 5.06. The highest BCUT2D eigenvalue weighted by Gasteiger charge is 2.12. The number of rotatable bonds is 6. The minimum Gasteiger partial charge on any atom is -0.467 e. The van der Waals surface area contributed by atoms with Crippen LogP contribution in [0.2, 0.25) is 5.02 Å². The predicted molar refractivity (Wildman–Crippen MR) is 78.3 cm³/mol. The molecule has 6 heteroatoms. The fourth-order valence-corrected chi connectivity index (χ4v) is 1.96. The van der Waals surface area contributed by atoms with E-state index in [0.717, 1.165) is 5.56 Å². The van der Waals surface area contributed by atoms with Crippen LogP contribution in [0.3, 0.4) is 0 Å². The van der Waals surface area contributed by atoms with Crippen molar-refractivity contribution in [3.8, 4) is 0 Å². The van der Waals surface area contributed by atoms with E-state index in [-0.39, 0.29) is 17.0 Å². The first-order valence-corrected chi connectivity index (χ1v) is 6.91. The van der Waals surface area contributed by atoms with Crippen LogP contribution in [0, 0.1) is 5.82 Å². The molecule has 0 aliphatic heterocycles. The summed E-state index contributed by atoms with van der Waals surface area (Å²) in [4.78, 5) is 11.9. The van der Waals surface area contributed by atoms with Crippen LogP contribution < -0.4 is 10.6 Å². The Hall–Kier alpha value is -1.85. The number of benzene rings is 1. The Morgan fingerprint density at radius 1 is 1.38 bits per heavy atom. The van der Waals surface area contributed by atoms with Crippen LogP contribution in [0.15, 0.2) is 41.0 Å². The topological polar surface area (TPSA) is 54.3 Å². The zero-order chi connectivity index (χ0) is 15.2. The molecule has 1 aromatic carbocycles. The average Bonchev–Trinajstić information content (AvgIpc) is 2.99. The van der Waals surface area contributed by atoms with Crippen molar-refractivity contribution in [2.75, 3.05) is 0 Å². The Kier molecular flexibility index (Phi) is 5.36. The Morgan fingerprint density at radius 2 is 2.19 bits per heavy atom. The van der Waals surface area contributed by atoms with Crippen LogP contribution in [-0.2, 0) is 17.9 Å². The van der Waals surface area contributed by atoms with Crippen LogP contribution in [-0.4, -0.2) is 11.9 Å². The minimum atomic E-state index is -0.454. The van der Waals surface area contributed by atoms with Crippen LogP contribution in [0.5, 0.6) is 0 Å². The number of carbonyl (C=O) groups excluding carboxylic acids is 1. The molecule has 1 atom stereocenters. The summed E-state index contributed by atoms with van der Waals surface area (Å²) in [6, 6.07) is 7.64. The summed E-state index contributed by atoms with van der Waals surface area (Å²) in [5.41, 5.74) is 0.812. The molecule has 1 heterocycles. The first kappa shape index (κ1) is 15.5. The van der Waals surface area contributed by atoms with Crippen molar-refractivity contribution in [1.29, 1.82) is 0 Å². The third-order valence-corrected chi connectivity index (χ3v) is 3.30. The first-order valence-electron chi connectivity index (χ1n) is 6.53. The van der Waals surface area contributed by atoms with Gasteiger partial charge in [0, 0.05) is 6.54 Å². The zero-order valence-electron chi connectivity index (χ0n) is 11.5. The van der Waals surface area contributed by atoms with E-state index in [4.69, 9.17) is 16.0 Å². The number of amides is 1. The molecule has 112 valence electrons. The molecule has 2 aromatic rings. The van der Waals surface area contributed by atoms with Crippen molar-refractivity contribution in [2.24, 2.45) is 0 Å². The van der Waals surface area contributed by atoms with E-state index in [9.17, 15) is 9.18 Å². The standard InChI is InChI=1S/C15H16ClFN2O2/c1-10(15(20)19-9-12-3-2-6-21-12)18-8-11-4-5-14(17)13(16)7-11/h2-7,10,18H,8-9H2,1H3,(H,19,20). The lowest BCUT2D eigenvalue weighted by molar-refractivity contribution is -0.123. The number of hydrogen-bond acceptors (Lipinski definition) is 3. The van der Waals surface area contributed by atoms with Gasteiger partial charge < -0.3 is 15.1 Å². The zero-order valence-corrected chi connectivity index (χ0v) is 12.3. The van der Waals surface area contributed by atoms with Crippen molar-refractivity contribution < 1.29 is 13.6 Å². The smallest absolute Gasteiger partial charge is 0.237 e. The van der Waals surface area contributed by atoms with Crippen LogP contribution in [0.4, 0.5) is 4.39 Å². The summed E-state index contributed by atoms with van der Waals surface area (Å²) in [5, 5.41) is 5.89. The number of hydrogen-bond donors (Lipinski definition) is 2. The van der Waals surface area contributed by atoms with E-state index < -0.39 is 5.82 Å². The van der Waals surface area contributed by atoms with Gasteiger partial charge in [0.05, 0.1) is 23.9 Å². The quantitative estimate of drug-likeness (QED) is 0.862. The maximum absolute atomic E-state index is 13.0. The van der Waals surface area contributed by atoms with Gasteiger partial charge in [-0.3, -0.25) is 4.79 Å². The summed E-state index contributed by atoms with van der Waals surface area (Å²) in [5.74, 6) is 0.102. The van der Waals surface area contributed by atoms with Crippen molar-refractivity contribution in [2.45, 2.75) is 26.1 Å². The molecule has 0 radical (unpaired) electrons. The summed E-state index contributed by atoms with van der Waals surface area (Å²) < 4.78 is 18.2.